The SMILES string of the molecule is Cc1noc([C@@H](C)S[C@@H](C)c2ncc(-c3ccccc3)o2)n1. The zero-order valence-electron chi connectivity index (χ0n) is 12.7. The second-order valence-electron chi connectivity index (χ2n) is 5.03. The largest absolute Gasteiger partial charge is 0.440 e. The van der Waals surface area contributed by atoms with Crippen molar-refractivity contribution in [3.63, 3.8) is 0 Å². The lowest BCUT2D eigenvalue weighted by Crippen LogP contribution is -1.95. The molecule has 2 aromatic heterocycles. The number of rotatable bonds is 5. The van der Waals surface area contributed by atoms with Gasteiger partial charge in [-0.3, -0.25) is 0 Å². The summed E-state index contributed by atoms with van der Waals surface area (Å²) in [5.74, 6) is 2.76. The number of benzene rings is 1. The number of hydrogen-bond donors (Lipinski definition) is 0. The van der Waals surface area contributed by atoms with E-state index in [2.05, 4.69) is 22.0 Å². The second kappa shape index (κ2) is 6.36. The first-order valence-corrected chi connectivity index (χ1v) is 8.04. The molecule has 0 saturated heterocycles. The van der Waals surface area contributed by atoms with Crippen LogP contribution in [0.4, 0.5) is 0 Å². The maximum atomic E-state index is 5.87. The van der Waals surface area contributed by atoms with Crippen LogP contribution in [-0.2, 0) is 0 Å². The lowest BCUT2D eigenvalue weighted by molar-refractivity contribution is 0.376. The van der Waals surface area contributed by atoms with Gasteiger partial charge in [-0.05, 0) is 20.8 Å². The molecule has 0 aliphatic heterocycles. The Morgan fingerprint density at radius 2 is 1.77 bits per heavy atom. The smallest absolute Gasteiger partial charge is 0.239 e. The van der Waals surface area contributed by atoms with Gasteiger partial charge in [-0.2, -0.15) is 4.98 Å². The fourth-order valence-corrected chi connectivity index (χ4v) is 3.16. The van der Waals surface area contributed by atoms with E-state index >= 15 is 0 Å². The number of thioether (sulfide) groups is 1. The zero-order chi connectivity index (χ0) is 15.5. The summed E-state index contributed by atoms with van der Waals surface area (Å²) in [6, 6.07) is 9.95. The molecule has 2 atom stereocenters. The predicted octanol–water partition coefficient (Wildman–Crippen LogP) is 4.59. The summed E-state index contributed by atoms with van der Waals surface area (Å²) in [6.07, 6.45) is 1.77. The van der Waals surface area contributed by atoms with E-state index in [-0.39, 0.29) is 10.5 Å². The van der Waals surface area contributed by atoms with Crippen molar-refractivity contribution in [2.45, 2.75) is 31.3 Å². The van der Waals surface area contributed by atoms with Crippen molar-refractivity contribution in [3.05, 3.63) is 54.1 Å². The van der Waals surface area contributed by atoms with Crippen molar-refractivity contribution in [3.8, 4) is 11.3 Å². The maximum absolute atomic E-state index is 5.87. The third-order valence-electron chi connectivity index (χ3n) is 3.23. The maximum Gasteiger partial charge on any atom is 0.239 e. The fourth-order valence-electron chi connectivity index (χ4n) is 2.11. The molecule has 0 amide bonds. The van der Waals surface area contributed by atoms with Crippen molar-refractivity contribution in [1.82, 2.24) is 15.1 Å². The average Bonchev–Trinajstić information content (AvgIpc) is 3.17. The van der Waals surface area contributed by atoms with Crippen LogP contribution < -0.4 is 0 Å². The van der Waals surface area contributed by atoms with Gasteiger partial charge in [-0.15, -0.1) is 11.8 Å². The minimum Gasteiger partial charge on any atom is -0.440 e. The van der Waals surface area contributed by atoms with Gasteiger partial charge in [0.25, 0.3) is 0 Å². The van der Waals surface area contributed by atoms with E-state index < -0.39 is 0 Å². The van der Waals surface area contributed by atoms with Crippen molar-refractivity contribution >= 4 is 11.8 Å². The summed E-state index contributed by atoms with van der Waals surface area (Å²) in [4.78, 5) is 8.65. The molecule has 0 aliphatic rings. The first kappa shape index (κ1) is 14.8. The molecule has 0 spiro atoms. The van der Waals surface area contributed by atoms with Gasteiger partial charge in [0.2, 0.25) is 11.8 Å². The van der Waals surface area contributed by atoms with Gasteiger partial charge in [0.05, 0.1) is 16.7 Å². The standard InChI is InChI=1S/C16H17N3O2S/c1-10(22-11(2)16-18-12(3)19-21-16)15-17-9-14(20-15)13-7-5-4-6-8-13/h4-11H,1-3H3/t10-,11+/m0/s1. The number of aryl methyl sites for hydroxylation is 1. The third-order valence-corrected chi connectivity index (χ3v) is 4.45. The van der Waals surface area contributed by atoms with Crippen LogP contribution in [0.15, 0.2) is 45.5 Å². The Labute approximate surface area is 133 Å². The van der Waals surface area contributed by atoms with E-state index in [1.165, 1.54) is 0 Å². The van der Waals surface area contributed by atoms with Gasteiger partial charge in [-0.1, -0.05) is 35.5 Å². The van der Waals surface area contributed by atoms with Crippen LogP contribution >= 0.6 is 11.8 Å². The molecular formula is C16H17N3O2S. The molecule has 0 bridgehead atoms. The van der Waals surface area contributed by atoms with Crippen LogP contribution in [0.5, 0.6) is 0 Å². The van der Waals surface area contributed by atoms with Gasteiger partial charge in [-0.25, -0.2) is 4.98 Å². The molecule has 5 nitrogen and oxygen atoms in total. The number of hydrogen-bond acceptors (Lipinski definition) is 6. The molecule has 3 rings (SSSR count). The lowest BCUT2D eigenvalue weighted by atomic mass is 10.2. The Balaban J connectivity index is 1.70. The molecule has 0 aliphatic carbocycles. The molecule has 0 radical (unpaired) electrons. The number of aromatic nitrogens is 3. The third kappa shape index (κ3) is 3.22. The monoisotopic (exact) mass is 315 g/mol. The second-order valence-corrected chi connectivity index (χ2v) is 6.72. The van der Waals surface area contributed by atoms with Crippen LogP contribution in [0.3, 0.4) is 0 Å². The highest BCUT2D eigenvalue weighted by Crippen LogP contribution is 2.39. The molecular weight excluding hydrogens is 298 g/mol. The van der Waals surface area contributed by atoms with E-state index in [0.29, 0.717) is 17.6 Å². The van der Waals surface area contributed by atoms with Crippen LogP contribution in [-0.4, -0.2) is 15.1 Å². The molecule has 22 heavy (non-hydrogen) atoms. The molecule has 0 unspecified atom stereocenters. The van der Waals surface area contributed by atoms with Crippen molar-refractivity contribution in [2.75, 3.05) is 0 Å². The van der Waals surface area contributed by atoms with E-state index in [0.717, 1.165) is 11.3 Å². The first-order valence-electron chi connectivity index (χ1n) is 7.10. The van der Waals surface area contributed by atoms with Crippen molar-refractivity contribution < 1.29 is 8.94 Å². The highest BCUT2D eigenvalue weighted by Gasteiger charge is 2.21. The minimum absolute atomic E-state index is 0.0864. The molecule has 0 N–H and O–H groups in total. The summed E-state index contributed by atoms with van der Waals surface area (Å²) in [5.41, 5.74) is 1.03. The van der Waals surface area contributed by atoms with Crippen LogP contribution in [0, 0.1) is 6.92 Å². The van der Waals surface area contributed by atoms with E-state index in [9.17, 15) is 0 Å². The van der Waals surface area contributed by atoms with Gasteiger partial charge >= 0.3 is 0 Å². The fraction of sp³-hybridized carbons (Fsp3) is 0.312. The van der Waals surface area contributed by atoms with Gasteiger partial charge in [0, 0.05) is 5.56 Å². The number of oxazole rings is 1. The summed E-state index contributed by atoms with van der Waals surface area (Å²) < 4.78 is 11.1. The normalized spacial score (nSPS) is 14.0. The highest BCUT2D eigenvalue weighted by molar-refractivity contribution is 7.99. The zero-order valence-corrected chi connectivity index (χ0v) is 13.5. The van der Waals surface area contributed by atoms with E-state index in [1.54, 1.807) is 18.0 Å². The van der Waals surface area contributed by atoms with Gasteiger partial charge in [0.15, 0.2) is 11.6 Å². The molecule has 3 aromatic rings. The quantitative estimate of drug-likeness (QED) is 0.686. The van der Waals surface area contributed by atoms with E-state index in [1.807, 2.05) is 44.2 Å². The van der Waals surface area contributed by atoms with Crippen molar-refractivity contribution in [2.24, 2.45) is 0 Å². The van der Waals surface area contributed by atoms with Gasteiger partial charge < -0.3 is 8.94 Å². The van der Waals surface area contributed by atoms with Crippen LogP contribution in [0.1, 0.15) is 42.0 Å². The van der Waals surface area contributed by atoms with E-state index in [4.69, 9.17) is 8.94 Å². The Morgan fingerprint density at radius 3 is 2.45 bits per heavy atom. The van der Waals surface area contributed by atoms with Crippen molar-refractivity contribution in [1.29, 1.82) is 0 Å². The summed E-state index contributed by atoms with van der Waals surface area (Å²) >= 11 is 1.68. The Bertz CT molecular complexity index is 739. The molecule has 2 heterocycles. The Kier molecular flexibility index (Phi) is 4.29. The molecule has 6 heteroatoms. The summed E-state index contributed by atoms with van der Waals surface area (Å²) in [5, 5.41) is 4.01. The molecule has 0 saturated carbocycles. The summed E-state index contributed by atoms with van der Waals surface area (Å²) in [7, 11) is 0. The highest BCUT2D eigenvalue weighted by atomic mass is 32.2. The number of nitrogens with zero attached hydrogens (tertiary/aromatic N) is 3. The van der Waals surface area contributed by atoms with Crippen LogP contribution in [0.2, 0.25) is 0 Å². The predicted molar refractivity (Wildman–Crippen MR) is 85.4 cm³/mol. The Hall–Kier alpha value is -2.08. The molecule has 1 aromatic carbocycles. The molecule has 0 fully saturated rings. The molecule has 114 valence electrons. The average molecular weight is 315 g/mol. The summed E-state index contributed by atoms with van der Waals surface area (Å²) in [6.45, 7) is 5.91. The van der Waals surface area contributed by atoms with Crippen LogP contribution in [0.25, 0.3) is 11.3 Å². The minimum atomic E-state index is 0.0864. The van der Waals surface area contributed by atoms with Gasteiger partial charge in [0.1, 0.15) is 0 Å². The lowest BCUT2D eigenvalue weighted by Gasteiger charge is -2.11. The topological polar surface area (TPSA) is 65.0 Å². The Morgan fingerprint density at radius 1 is 1.05 bits per heavy atom. The first-order chi connectivity index (χ1) is 10.6.